The van der Waals surface area contributed by atoms with Crippen LogP contribution in [0.4, 0.5) is 0 Å². The molecule has 0 heterocycles. The van der Waals surface area contributed by atoms with Gasteiger partial charge in [-0.3, -0.25) is 0 Å². The summed E-state index contributed by atoms with van der Waals surface area (Å²) in [6.45, 7) is 2.94. The number of benzene rings is 2. The van der Waals surface area contributed by atoms with Gasteiger partial charge in [-0.15, -0.1) is 0 Å². The number of ether oxygens (including phenoxy) is 2. The van der Waals surface area contributed by atoms with E-state index in [1.807, 2.05) is 48.5 Å². The van der Waals surface area contributed by atoms with Crippen LogP contribution in [0.25, 0.3) is 0 Å². The smallest absolute Gasteiger partial charge is 0.138 e. The second-order valence-corrected chi connectivity index (χ2v) is 5.46. The van der Waals surface area contributed by atoms with Crippen molar-refractivity contribution in [2.45, 2.75) is 13.2 Å². The molecule has 4 nitrogen and oxygen atoms in total. The van der Waals surface area contributed by atoms with Crippen LogP contribution in [0.15, 0.2) is 48.5 Å². The normalized spacial score (nSPS) is 10.7. The van der Waals surface area contributed by atoms with Gasteiger partial charge in [-0.05, 0) is 23.3 Å². The molecule has 0 saturated heterocycles. The van der Waals surface area contributed by atoms with Crippen LogP contribution in [0.2, 0.25) is 5.02 Å². The summed E-state index contributed by atoms with van der Waals surface area (Å²) >= 11 is 6.27. The topological polar surface area (TPSA) is 50.7 Å². The van der Waals surface area contributed by atoms with E-state index in [9.17, 15) is 0 Å². The summed E-state index contributed by atoms with van der Waals surface area (Å²) in [6, 6.07) is 15.8. The van der Waals surface area contributed by atoms with Crippen LogP contribution < -0.4 is 10.1 Å². The van der Waals surface area contributed by atoms with Crippen LogP contribution in [-0.4, -0.2) is 31.5 Å². The van der Waals surface area contributed by atoms with E-state index in [-0.39, 0.29) is 6.61 Å². The van der Waals surface area contributed by atoms with E-state index in [2.05, 4.69) is 5.32 Å². The fourth-order valence-electron chi connectivity index (χ4n) is 2.05. The summed E-state index contributed by atoms with van der Waals surface area (Å²) < 4.78 is 10.9. The number of rotatable bonds is 10. The Hall–Kier alpha value is -1.59. The van der Waals surface area contributed by atoms with Crippen molar-refractivity contribution in [1.82, 2.24) is 5.32 Å². The molecular weight excluding hydrogens is 314 g/mol. The first-order valence-corrected chi connectivity index (χ1v) is 8.02. The number of hydrogen-bond acceptors (Lipinski definition) is 4. The molecule has 0 amide bonds. The lowest BCUT2D eigenvalue weighted by molar-refractivity contribution is 0.0938. The Morgan fingerprint density at radius 1 is 1.00 bits per heavy atom. The Morgan fingerprint density at radius 2 is 1.83 bits per heavy atom. The quantitative estimate of drug-likeness (QED) is 0.655. The number of hydrogen-bond donors (Lipinski definition) is 2. The van der Waals surface area contributed by atoms with Crippen molar-refractivity contribution in [1.29, 1.82) is 0 Å². The lowest BCUT2D eigenvalue weighted by Crippen LogP contribution is -2.20. The number of nitrogens with one attached hydrogen (secondary N) is 1. The van der Waals surface area contributed by atoms with Gasteiger partial charge in [0.05, 0.1) is 24.8 Å². The SMILES string of the molecule is OCCOCCNCc1ccc(OCc2ccccc2)c(Cl)c1. The molecule has 0 unspecified atom stereocenters. The summed E-state index contributed by atoms with van der Waals surface area (Å²) in [7, 11) is 0. The molecule has 0 atom stereocenters. The monoisotopic (exact) mass is 335 g/mol. The minimum absolute atomic E-state index is 0.0556. The average Bonchev–Trinajstić information content (AvgIpc) is 2.58. The molecule has 0 aliphatic heterocycles. The van der Waals surface area contributed by atoms with Gasteiger partial charge >= 0.3 is 0 Å². The Labute approximate surface area is 142 Å². The molecule has 0 aliphatic carbocycles. The van der Waals surface area contributed by atoms with Crippen molar-refractivity contribution in [3.63, 3.8) is 0 Å². The van der Waals surface area contributed by atoms with Crippen LogP contribution >= 0.6 is 11.6 Å². The highest BCUT2D eigenvalue weighted by molar-refractivity contribution is 6.32. The summed E-state index contributed by atoms with van der Waals surface area (Å²) in [5.41, 5.74) is 2.20. The van der Waals surface area contributed by atoms with Gasteiger partial charge in [0.25, 0.3) is 0 Å². The van der Waals surface area contributed by atoms with E-state index < -0.39 is 0 Å². The largest absolute Gasteiger partial charge is 0.487 e. The Balaban J connectivity index is 1.76. The third kappa shape index (κ3) is 6.59. The van der Waals surface area contributed by atoms with Gasteiger partial charge in [-0.2, -0.15) is 0 Å². The molecule has 2 aromatic rings. The summed E-state index contributed by atoms with van der Waals surface area (Å²) in [5, 5.41) is 12.5. The van der Waals surface area contributed by atoms with E-state index in [4.69, 9.17) is 26.2 Å². The first-order valence-electron chi connectivity index (χ1n) is 7.64. The van der Waals surface area contributed by atoms with Gasteiger partial charge in [-0.25, -0.2) is 0 Å². The molecule has 2 rings (SSSR count). The maximum absolute atomic E-state index is 8.60. The van der Waals surface area contributed by atoms with Crippen LogP contribution in [0.3, 0.4) is 0 Å². The molecule has 0 saturated carbocycles. The highest BCUT2D eigenvalue weighted by Crippen LogP contribution is 2.26. The molecule has 0 spiro atoms. The second-order valence-electron chi connectivity index (χ2n) is 5.05. The van der Waals surface area contributed by atoms with E-state index in [1.54, 1.807) is 0 Å². The van der Waals surface area contributed by atoms with Crippen LogP contribution in [-0.2, 0) is 17.9 Å². The predicted octanol–water partition coefficient (Wildman–Crippen LogP) is 3.02. The van der Waals surface area contributed by atoms with E-state index >= 15 is 0 Å². The standard InChI is InChI=1S/C18H22ClNO3/c19-17-12-16(13-20-8-10-22-11-9-21)6-7-18(17)23-14-15-4-2-1-3-5-15/h1-7,12,20-21H,8-11,13-14H2. The van der Waals surface area contributed by atoms with Crippen molar-refractivity contribution in [2.24, 2.45) is 0 Å². The van der Waals surface area contributed by atoms with Gasteiger partial charge in [0.1, 0.15) is 12.4 Å². The van der Waals surface area contributed by atoms with Crippen molar-refractivity contribution in [3.05, 3.63) is 64.7 Å². The zero-order valence-electron chi connectivity index (χ0n) is 13.0. The number of aliphatic hydroxyl groups excluding tert-OH is 1. The molecule has 0 aliphatic rings. The van der Waals surface area contributed by atoms with Crippen LogP contribution in [0.5, 0.6) is 5.75 Å². The van der Waals surface area contributed by atoms with E-state index in [1.165, 1.54) is 0 Å². The molecule has 0 aromatic heterocycles. The molecule has 0 radical (unpaired) electrons. The molecule has 2 N–H and O–H groups in total. The molecule has 124 valence electrons. The molecule has 2 aromatic carbocycles. The molecule has 0 bridgehead atoms. The lowest BCUT2D eigenvalue weighted by Gasteiger charge is -2.10. The van der Waals surface area contributed by atoms with Crippen molar-refractivity contribution < 1.29 is 14.6 Å². The summed E-state index contributed by atoms with van der Waals surface area (Å²) in [4.78, 5) is 0. The van der Waals surface area contributed by atoms with Crippen LogP contribution in [0, 0.1) is 0 Å². The Kier molecular flexibility index (Phi) is 7.90. The molecule has 5 heteroatoms. The Bertz CT molecular complexity index is 578. The van der Waals surface area contributed by atoms with E-state index in [0.717, 1.165) is 17.7 Å². The van der Waals surface area contributed by atoms with Gasteiger partial charge < -0.3 is 19.9 Å². The Morgan fingerprint density at radius 3 is 2.57 bits per heavy atom. The van der Waals surface area contributed by atoms with Crippen LogP contribution in [0.1, 0.15) is 11.1 Å². The molecule has 0 fully saturated rings. The van der Waals surface area contributed by atoms with Crippen molar-refractivity contribution >= 4 is 11.6 Å². The van der Waals surface area contributed by atoms with Gasteiger partial charge in [0, 0.05) is 13.1 Å². The highest BCUT2D eigenvalue weighted by Gasteiger charge is 2.04. The minimum atomic E-state index is 0.0556. The average molecular weight is 336 g/mol. The van der Waals surface area contributed by atoms with Gasteiger partial charge in [-0.1, -0.05) is 48.0 Å². The predicted molar refractivity (Wildman–Crippen MR) is 91.8 cm³/mol. The maximum Gasteiger partial charge on any atom is 0.138 e. The van der Waals surface area contributed by atoms with Gasteiger partial charge in [0.15, 0.2) is 0 Å². The fraction of sp³-hybridized carbons (Fsp3) is 0.333. The minimum Gasteiger partial charge on any atom is -0.487 e. The fourth-order valence-corrected chi connectivity index (χ4v) is 2.31. The molecular formula is C18H22ClNO3. The third-order valence-electron chi connectivity index (χ3n) is 3.22. The zero-order valence-corrected chi connectivity index (χ0v) is 13.8. The highest BCUT2D eigenvalue weighted by atomic mass is 35.5. The van der Waals surface area contributed by atoms with E-state index in [0.29, 0.717) is 37.1 Å². The second kappa shape index (κ2) is 10.2. The number of aliphatic hydroxyl groups is 1. The lowest BCUT2D eigenvalue weighted by atomic mass is 10.2. The first-order chi connectivity index (χ1) is 11.3. The maximum atomic E-state index is 8.60. The van der Waals surface area contributed by atoms with Gasteiger partial charge in [0.2, 0.25) is 0 Å². The summed E-state index contributed by atoms with van der Waals surface area (Å²) in [6.07, 6.45) is 0. The number of halogens is 1. The first kappa shape index (κ1) is 17.8. The third-order valence-corrected chi connectivity index (χ3v) is 3.52. The zero-order chi connectivity index (χ0) is 16.3. The summed E-state index contributed by atoms with van der Waals surface area (Å²) in [5.74, 6) is 0.686. The van der Waals surface area contributed by atoms with Crippen molar-refractivity contribution in [2.75, 3.05) is 26.4 Å². The van der Waals surface area contributed by atoms with Crippen molar-refractivity contribution in [3.8, 4) is 5.75 Å². The molecule has 23 heavy (non-hydrogen) atoms.